The third-order valence-electron chi connectivity index (χ3n) is 2.38. The Labute approximate surface area is 106 Å². The summed E-state index contributed by atoms with van der Waals surface area (Å²) in [5.74, 6) is 6.75. The maximum Gasteiger partial charge on any atom is 0.251 e. The molecule has 4 nitrogen and oxygen atoms in total. The molecule has 0 aliphatic heterocycles. The van der Waals surface area contributed by atoms with Crippen LogP contribution in [-0.4, -0.2) is 24.5 Å². The lowest BCUT2D eigenvalue weighted by atomic mass is 10.1. The number of hydrogen-bond acceptors (Lipinski definition) is 4. The Morgan fingerprint density at radius 3 is 2.59 bits per heavy atom. The van der Waals surface area contributed by atoms with Gasteiger partial charge in [-0.05, 0) is 42.2 Å². The van der Waals surface area contributed by atoms with E-state index in [-0.39, 0.29) is 5.91 Å². The monoisotopic (exact) mass is 253 g/mol. The van der Waals surface area contributed by atoms with Crippen molar-refractivity contribution in [2.75, 3.05) is 24.0 Å². The highest BCUT2D eigenvalue weighted by Crippen LogP contribution is 2.08. The fraction of sp³-hybridized carbons (Fsp3) is 0.417. The molecule has 0 bridgehead atoms. The summed E-state index contributed by atoms with van der Waals surface area (Å²) in [5.41, 5.74) is 3.97. The Bertz CT molecular complexity index is 353. The number of carbonyl (C=O) groups excluding carboxylic acids is 1. The van der Waals surface area contributed by atoms with E-state index < -0.39 is 0 Å². The normalized spacial score (nSPS) is 11.9. The highest BCUT2D eigenvalue weighted by molar-refractivity contribution is 7.98. The molecule has 0 aromatic heterocycles. The fourth-order valence-corrected chi connectivity index (χ4v) is 2.12. The summed E-state index contributed by atoms with van der Waals surface area (Å²) in [6.07, 6.45) is 2.07. The molecule has 0 saturated carbocycles. The number of anilines is 1. The molecule has 0 fully saturated rings. The molecule has 0 heterocycles. The number of rotatable bonds is 6. The Hall–Kier alpha value is -1.20. The minimum atomic E-state index is -0.0403. The quantitative estimate of drug-likeness (QED) is 0.533. The molecular formula is C12H19N3OS. The molecule has 0 radical (unpaired) electrons. The molecule has 1 unspecified atom stereocenters. The number of carbonyl (C=O) groups is 1. The number of benzene rings is 1. The summed E-state index contributed by atoms with van der Waals surface area (Å²) < 4.78 is 0. The van der Waals surface area contributed by atoms with Crippen LogP contribution in [0.5, 0.6) is 0 Å². The van der Waals surface area contributed by atoms with Crippen molar-refractivity contribution in [3.8, 4) is 0 Å². The number of hydrazine groups is 1. The molecule has 0 aliphatic carbocycles. The van der Waals surface area contributed by atoms with E-state index >= 15 is 0 Å². The average molecular weight is 253 g/mol. The van der Waals surface area contributed by atoms with Crippen LogP contribution in [-0.2, 0) is 0 Å². The van der Waals surface area contributed by atoms with Gasteiger partial charge < -0.3 is 10.7 Å². The molecule has 1 atom stereocenters. The van der Waals surface area contributed by atoms with Crippen LogP contribution >= 0.6 is 11.8 Å². The van der Waals surface area contributed by atoms with Crippen LogP contribution in [0.4, 0.5) is 5.69 Å². The Morgan fingerprint density at radius 1 is 1.41 bits per heavy atom. The van der Waals surface area contributed by atoms with Gasteiger partial charge in [-0.2, -0.15) is 11.8 Å². The zero-order valence-corrected chi connectivity index (χ0v) is 11.0. The van der Waals surface area contributed by atoms with E-state index in [4.69, 9.17) is 5.84 Å². The third kappa shape index (κ3) is 4.66. The second-order valence-electron chi connectivity index (χ2n) is 3.99. The van der Waals surface area contributed by atoms with Gasteiger partial charge in [0.1, 0.15) is 0 Å². The first-order valence-electron chi connectivity index (χ1n) is 5.51. The van der Waals surface area contributed by atoms with Crippen LogP contribution in [0.15, 0.2) is 24.3 Å². The minimum absolute atomic E-state index is 0.0403. The van der Waals surface area contributed by atoms with E-state index in [2.05, 4.69) is 23.9 Å². The molecular weight excluding hydrogens is 234 g/mol. The van der Waals surface area contributed by atoms with E-state index in [9.17, 15) is 4.79 Å². The smallest absolute Gasteiger partial charge is 0.251 e. The first-order chi connectivity index (χ1) is 8.17. The van der Waals surface area contributed by atoms with Gasteiger partial charge >= 0.3 is 0 Å². The molecule has 1 aromatic rings. The molecule has 5 heteroatoms. The van der Waals surface area contributed by atoms with Crippen LogP contribution < -0.4 is 16.6 Å². The van der Waals surface area contributed by atoms with Crippen LogP contribution in [0.1, 0.15) is 17.3 Å². The van der Waals surface area contributed by atoms with E-state index in [0.29, 0.717) is 18.0 Å². The minimum Gasteiger partial charge on any atom is -0.352 e. The molecule has 94 valence electrons. The molecule has 4 N–H and O–H groups in total. The SMILES string of the molecule is CSCC(C)CNC(=O)c1ccc(NN)cc1. The van der Waals surface area contributed by atoms with Gasteiger partial charge in [-0.15, -0.1) is 0 Å². The number of thioether (sulfide) groups is 1. The molecule has 0 spiro atoms. The summed E-state index contributed by atoms with van der Waals surface area (Å²) in [7, 11) is 0. The van der Waals surface area contributed by atoms with Gasteiger partial charge in [0.2, 0.25) is 0 Å². The summed E-state index contributed by atoms with van der Waals surface area (Å²) in [4.78, 5) is 11.8. The Morgan fingerprint density at radius 2 is 2.06 bits per heavy atom. The van der Waals surface area contributed by atoms with Gasteiger partial charge in [0, 0.05) is 17.8 Å². The van der Waals surface area contributed by atoms with Crippen LogP contribution in [0, 0.1) is 5.92 Å². The number of nitrogen functional groups attached to an aromatic ring is 1. The van der Waals surface area contributed by atoms with Crippen LogP contribution in [0.25, 0.3) is 0 Å². The Kier molecular flexibility index (Phi) is 5.86. The molecule has 0 aliphatic rings. The van der Waals surface area contributed by atoms with Crippen molar-refractivity contribution in [3.63, 3.8) is 0 Å². The first-order valence-corrected chi connectivity index (χ1v) is 6.90. The van der Waals surface area contributed by atoms with Crippen molar-refractivity contribution in [2.24, 2.45) is 11.8 Å². The summed E-state index contributed by atoms with van der Waals surface area (Å²) in [6, 6.07) is 7.06. The second-order valence-corrected chi connectivity index (χ2v) is 4.90. The first kappa shape index (κ1) is 13.9. The van der Waals surface area contributed by atoms with Crippen LogP contribution in [0.3, 0.4) is 0 Å². The topological polar surface area (TPSA) is 67.2 Å². The van der Waals surface area contributed by atoms with Crippen molar-refractivity contribution in [1.82, 2.24) is 5.32 Å². The predicted octanol–water partition coefficient (Wildman–Crippen LogP) is 1.70. The van der Waals surface area contributed by atoms with Gasteiger partial charge in [-0.25, -0.2) is 0 Å². The number of hydrogen-bond donors (Lipinski definition) is 3. The summed E-state index contributed by atoms with van der Waals surface area (Å²) in [6.45, 7) is 2.83. The van der Waals surface area contributed by atoms with Crippen molar-refractivity contribution >= 4 is 23.4 Å². The van der Waals surface area contributed by atoms with E-state index in [1.165, 1.54) is 0 Å². The highest BCUT2D eigenvalue weighted by atomic mass is 32.2. The zero-order valence-electron chi connectivity index (χ0n) is 10.2. The number of nitrogens with one attached hydrogen (secondary N) is 2. The highest BCUT2D eigenvalue weighted by Gasteiger charge is 2.07. The molecule has 0 saturated heterocycles. The third-order valence-corrected chi connectivity index (χ3v) is 3.28. The maximum absolute atomic E-state index is 11.8. The molecule has 1 aromatic carbocycles. The van der Waals surface area contributed by atoms with Crippen molar-refractivity contribution in [2.45, 2.75) is 6.92 Å². The second kappa shape index (κ2) is 7.19. The van der Waals surface area contributed by atoms with Crippen molar-refractivity contribution in [1.29, 1.82) is 0 Å². The lowest BCUT2D eigenvalue weighted by molar-refractivity contribution is 0.0949. The van der Waals surface area contributed by atoms with Crippen molar-refractivity contribution in [3.05, 3.63) is 29.8 Å². The largest absolute Gasteiger partial charge is 0.352 e. The summed E-state index contributed by atoms with van der Waals surface area (Å²) >= 11 is 1.79. The molecule has 1 amide bonds. The van der Waals surface area contributed by atoms with E-state index in [0.717, 1.165) is 11.4 Å². The number of amides is 1. The Balaban J connectivity index is 2.46. The van der Waals surface area contributed by atoms with Gasteiger partial charge in [-0.3, -0.25) is 10.6 Å². The van der Waals surface area contributed by atoms with Gasteiger partial charge in [0.15, 0.2) is 0 Å². The fourth-order valence-electron chi connectivity index (χ4n) is 1.43. The van der Waals surface area contributed by atoms with E-state index in [1.54, 1.807) is 36.0 Å². The predicted molar refractivity (Wildman–Crippen MR) is 74.1 cm³/mol. The van der Waals surface area contributed by atoms with Gasteiger partial charge in [0.05, 0.1) is 0 Å². The van der Waals surface area contributed by atoms with Crippen LogP contribution in [0.2, 0.25) is 0 Å². The lowest BCUT2D eigenvalue weighted by Crippen LogP contribution is -2.29. The molecule has 17 heavy (non-hydrogen) atoms. The van der Waals surface area contributed by atoms with Crippen molar-refractivity contribution < 1.29 is 4.79 Å². The molecule has 1 rings (SSSR count). The summed E-state index contributed by atoms with van der Waals surface area (Å²) in [5, 5.41) is 2.92. The van der Waals surface area contributed by atoms with Gasteiger partial charge in [-0.1, -0.05) is 6.92 Å². The van der Waals surface area contributed by atoms with E-state index in [1.807, 2.05) is 0 Å². The average Bonchev–Trinajstić information content (AvgIpc) is 2.36. The number of nitrogens with two attached hydrogens (primary N) is 1. The standard InChI is InChI=1S/C12H19N3OS/c1-9(8-17-2)7-14-12(16)10-3-5-11(15-13)6-4-10/h3-6,9,15H,7-8,13H2,1-2H3,(H,14,16). The zero-order chi connectivity index (χ0) is 12.7. The lowest BCUT2D eigenvalue weighted by Gasteiger charge is -2.11. The van der Waals surface area contributed by atoms with Gasteiger partial charge in [0.25, 0.3) is 5.91 Å². The maximum atomic E-state index is 11.8.